The van der Waals surface area contributed by atoms with E-state index in [1.807, 2.05) is 31.2 Å². The molecule has 0 fully saturated rings. The SMILES string of the molecule is Cc1ccc(-c2noc(CNC(=O)c3ccccc3N(C)S(C)(=O)=O)n2)cc1. The van der Waals surface area contributed by atoms with Gasteiger partial charge in [-0.05, 0) is 19.1 Å². The molecule has 8 nitrogen and oxygen atoms in total. The first-order chi connectivity index (χ1) is 13.3. The standard InChI is InChI=1S/C19H20N4O4S/c1-13-8-10-14(11-9-13)18-21-17(27-22-18)12-20-19(24)15-6-4-5-7-16(15)23(2)28(3,25)26/h4-11H,12H2,1-3H3,(H,20,24). The van der Waals surface area contributed by atoms with Gasteiger partial charge in [0.1, 0.15) is 0 Å². The van der Waals surface area contributed by atoms with Crippen LogP contribution in [0.5, 0.6) is 0 Å². The molecule has 2 aromatic carbocycles. The number of para-hydroxylation sites is 1. The Balaban J connectivity index is 1.73. The van der Waals surface area contributed by atoms with Gasteiger partial charge < -0.3 is 9.84 Å². The van der Waals surface area contributed by atoms with Crippen molar-refractivity contribution in [3.05, 3.63) is 65.5 Å². The molecule has 0 saturated carbocycles. The lowest BCUT2D eigenvalue weighted by molar-refractivity contribution is 0.0947. The maximum absolute atomic E-state index is 12.6. The second kappa shape index (κ2) is 7.81. The molecule has 9 heteroatoms. The number of amides is 1. The Hall–Kier alpha value is -3.20. The molecular formula is C19H20N4O4S. The van der Waals surface area contributed by atoms with Crippen molar-refractivity contribution in [2.75, 3.05) is 17.6 Å². The number of nitrogens with zero attached hydrogens (tertiary/aromatic N) is 3. The number of sulfonamides is 1. The van der Waals surface area contributed by atoms with Crippen LogP contribution in [0, 0.1) is 6.92 Å². The molecule has 1 aromatic heterocycles. The Morgan fingerprint density at radius 3 is 2.50 bits per heavy atom. The number of anilines is 1. The predicted octanol–water partition coefficient (Wildman–Crippen LogP) is 2.37. The molecule has 0 radical (unpaired) electrons. The molecular weight excluding hydrogens is 380 g/mol. The number of rotatable bonds is 6. The van der Waals surface area contributed by atoms with Crippen molar-refractivity contribution in [3.8, 4) is 11.4 Å². The molecule has 3 aromatic rings. The molecule has 3 rings (SSSR count). The molecule has 1 N–H and O–H groups in total. The summed E-state index contributed by atoms with van der Waals surface area (Å²) < 4.78 is 29.9. The smallest absolute Gasteiger partial charge is 0.253 e. The van der Waals surface area contributed by atoms with Gasteiger partial charge in [-0.25, -0.2) is 8.42 Å². The molecule has 1 heterocycles. The average molecular weight is 400 g/mol. The van der Waals surface area contributed by atoms with Crippen molar-refractivity contribution in [2.24, 2.45) is 0 Å². The van der Waals surface area contributed by atoms with Gasteiger partial charge in [0.15, 0.2) is 0 Å². The number of nitrogens with one attached hydrogen (secondary N) is 1. The van der Waals surface area contributed by atoms with Crippen LogP contribution in [0.2, 0.25) is 0 Å². The minimum Gasteiger partial charge on any atom is -0.343 e. The van der Waals surface area contributed by atoms with Crippen molar-refractivity contribution in [3.63, 3.8) is 0 Å². The van der Waals surface area contributed by atoms with Gasteiger partial charge in [-0.1, -0.05) is 47.1 Å². The van der Waals surface area contributed by atoms with Gasteiger partial charge in [0, 0.05) is 12.6 Å². The van der Waals surface area contributed by atoms with E-state index in [1.54, 1.807) is 24.3 Å². The van der Waals surface area contributed by atoms with Gasteiger partial charge in [-0.15, -0.1) is 0 Å². The molecule has 0 spiro atoms. The number of carbonyl (C=O) groups is 1. The third kappa shape index (κ3) is 4.37. The molecule has 0 bridgehead atoms. The Morgan fingerprint density at radius 1 is 1.14 bits per heavy atom. The molecule has 1 amide bonds. The van der Waals surface area contributed by atoms with E-state index >= 15 is 0 Å². The fraction of sp³-hybridized carbons (Fsp3) is 0.211. The number of hydrogen-bond donors (Lipinski definition) is 1. The lowest BCUT2D eigenvalue weighted by Crippen LogP contribution is -2.29. The van der Waals surface area contributed by atoms with Gasteiger partial charge in [0.05, 0.1) is 24.1 Å². The van der Waals surface area contributed by atoms with Crippen molar-refractivity contribution in [1.29, 1.82) is 0 Å². The van der Waals surface area contributed by atoms with Gasteiger partial charge in [0.25, 0.3) is 5.91 Å². The zero-order chi connectivity index (χ0) is 20.3. The first-order valence-electron chi connectivity index (χ1n) is 8.46. The summed E-state index contributed by atoms with van der Waals surface area (Å²) in [5.74, 6) is 0.237. The number of aromatic nitrogens is 2. The summed E-state index contributed by atoms with van der Waals surface area (Å²) in [4.78, 5) is 16.8. The van der Waals surface area contributed by atoms with Crippen molar-refractivity contribution in [2.45, 2.75) is 13.5 Å². The van der Waals surface area contributed by atoms with E-state index in [0.29, 0.717) is 5.82 Å². The highest BCUT2D eigenvalue weighted by molar-refractivity contribution is 7.92. The Kier molecular flexibility index (Phi) is 5.46. The summed E-state index contributed by atoms with van der Waals surface area (Å²) in [6, 6.07) is 14.1. The van der Waals surface area contributed by atoms with Gasteiger partial charge in [-0.3, -0.25) is 9.10 Å². The zero-order valence-corrected chi connectivity index (χ0v) is 16.5. The number of hydrogen-bond acceptors (Lipinski definition) is 6. The summed E-state index contributed by atoms with van der Waals surface area (Å²) in [7, 11) is -2.10. The van der Waals surface area contributed by atoms with Crippen LogP contribution in [0.3, 0.4) is 0 Å². The monoisotopic (exact) mass is 400 g/mol. The first kappa shape index (κ1) is 19.6. The summed E-state index contributed by atoms with van der Waals surface area (Å²) in [6.07, 6.45) is 1.08. The predicted molar refractivity (Wildman–Crippen MR) is 105 cm³/mol. The second-order valence-corrected chi connectivity index (χ2v) is 8.32. The number of aryl methyl sites for hydroxylation is 1. The molecule has 0 unspecified atom stereocenters. The third-order valence-electron chi connectivity index (χ3n) is 4.16. The molecule has 28 heavy (non-hydrogen) atoms. The highest BCUT2D eigenvalue weighted by Gasteiger charge is 2.20. The normalized spacial score (nSPS) is 11.2. The number of carbonyl (C=O) groups excluding carboxylic acids is 1. The maximum Gasteiger partial charge on any atom is 0.253 e. The summed E-state index contributed by atoms with van der Waals surface area (Å²) in [5.41, 5.74) is 2.45. The largest absolute Gasteiger partial charge is 0.343 e. The van der Waals surface area contributed by atoms with Crippen molar-refractivity contribution < 1.29 is 17.7 Å². The first-order valence-corrected chi connectivity index (χ1v) is 10.3. The van der Waals surface area contributed by atoms with E-state index in [4.69, 9.17) is 4.52 Å². The van der Waals surface area contributed by atoms with Crippen LogP contribution in [0.25, 0.3) is 11.4 Å². The minimum absolute atomic E-state index is 0.0224. The van der Waals surface area contributed by atoms with Crippen LogP contribution in [-0.4, -0.2) is 37.8 Å². The lowest BCUT2D eigenvalue weighted by Gasteiger charge is -2.19. The highest BCUT2D eigenvalue weighted by atomic mass is 32.2. The molecule has 0 atom stereocenters. The third-order valence-corrected chi connectivity index (χ3v) is 5.36. The fourth-order valence-electron chi connectivity index (χ4n) is 2.52. The van der Waals surface area contributed by atoms with Gasteiger partial charge in [-0.2, -0.15) is 4.98 Å². The Labute approximate surface area is 163 Å². The van der Waals surface area contributed by atoms with Crippen molar-refractivity contribution in [1.82, 2.24) is 15.5 Å². The van der Waals surface area contributed by atoms with Gasteiger partial charge in [0.2, 0.25) is 21.7 Å². The molecule has 146 valence electrons. The van der Waals surface area contributed by atoms with E-state index in [1.165, 1.54) is 7.05 Å². The van der Waals surface area contributed by atoms with Crippen molar-refractivity contribution >= 4 is 21.6 Å². The van der Waals surface area contributed by atoms with E-state index in [9.17, 15) is 13.2 Å². The van der Waals surface area contributed by atoms with Crippen LogP contribution >= 0.6 is 0 Å². The molecule has 0 aliphatic rings. The quantitative estimate of drug-likeness (QED) is 0.681. The molecule has 0 aliphatic carbocycles. The fourth-order valence-corrected chi connectivity index (χ4v) is 3.03. The Morgan fingerprint density at radius 2 is 1.82 bits per heavy atom. The minimum atomic E-state index is -3.50. The molecule has 0 aliphatic heterocycles. The maximum atomic E-state index is 12.6. The lowest BCUT2D eigenvalue weighted by atomic mass is 10.1. The van der Waals surface area contributed by atoms with Crippen LogP contribution in [-0.2, 0) is 16.6 Å². The highest BCUT2D eigenvalue weighted by Crippen LogP contribution is 2.21. The summed E-state index contributed by atoms with van der Waals surface area (Å²) in [5, 5.41) is 6.60. The second-order valence-electron chi connectivity index (χ2n) is 6.31. The van der Waals surface area contributed by atoms with E-state index in [-0.39, 0.29) is 23.7 Å². The van der Waals surface area contributed by atoms with Crippen LogP contribution in [0.15, 0.2) is 53.1 Å². The topological polar surface area (TPSA) is 105 Å². The van der Waals surface area contributed by atoms with E-state index in [2.05, 4.69) is 15.5 Å². The van der Waals surface area contributed by atoms with E-state index < -0.39 is 15.9 Å². The van der Waals surface area contributed by atoms with Gasteiger partial charge >= 0.3 is 0 Å². The Bertz CT molecular complexity index is 1090. The summed E-state index contributed by atoms with van der Waals surface area (Å²) in [6.45, 7) is 2.01. The van der Waals surface area contributed by atoms with E-state index in [0.717, 1.165) is 21.7 Å². The van der Waals surface area contributed by atoms with Crippen LogP contribution in [0.1, 0.15) is 21.8 Å². The summed E-state index contributed by atoms with van der Waals surface area (Å²) >= 11 is 0. The average Bonchev–Trinajstić information content (AvgIpc) is 3.14. The van der Waals surface area contributed by atoms with Crippen LogP contribution in [0.4, 0.5) is 5.69 Å². The zero-order valence-electron chi connectivity index (χ0n) is 15.7. The number of benzene rings is 2. The molecule has 0 saturated heterocycles. The van der Waals surface area contributed by atoms with Crippen LogP contribution < -0.4 is 9.62 Å².